The molecule has 0 aliphatic rings. The maximum atomic E-state index is 11.9. The fraction of sp³-hybridized carbons (Fsp3) is 0.278. The molecule has 1 aromatic heterocycles. The van der Waals surface area contributed by atoms with E-state index in [-0.39, 0.29) is 18.9 Å². The predicted octanol–water partition coefficient (Wildman–Crippen LogP) is 2.14. The zero-order valence-corrected chi connectivity index (χ0v) is 14.4. The third-order valence-corrected chi connectivity index (χ3v) is 3.51. The summed E-state index contributed by atoms with van der Waals surface area (Å²) in [5.41, 5.74) is -0.581. The first kappa shape index (κ1) is 19.0. The van der Waals surface area contributed by atoms with Crippen molar-refractivity contribution in [2.75, 3.05) is 18.5 Å². The summed E-state index contributed by atoms with van der Waals surface area (Å²) in [7, 11) is 0. The molecular formula is C18H20N2O6. The Morgan fingerprint density at radius 3 is 2.62 bits per heavy atom. The van der Waals surface area contributed by atoms with Crippen LogP contribution in [-0.4, -0.2) is 36.0 Å². The van der Waals surface area contributed by atoms with E-state index in [2.05, 4.69) is 10.6 Å². The van der Waals surface area contributed by atoms with Crippen LogP contribution in [0, 0.1) is 5.41 Å². The van der Waals surface area contributed by atoms with Crippen LogP contribution in [-0.2, 0) is 9.59 Å². The summed E-state index contributed by atoms with van der Waals surface area (Å²) in [5, 5.41) is 14.2. The van der Waals surface area contributed by atoms with Gasteiger partial charge in [0.2, 0.25) is 0 Å². The van der Waals surface area contributed by atoms with Crippen molar-refractivity contribution in [1.29, 1.82) is 0 Å². The normalized spacial score (nSPS) is 10.8. The van der Waals surface area contributed by atoms with Crippen molar-refractivity contribution in [2.45, 2.75) is 13.8 Å². The number of carbonyl (C=O) groups is 3. The minimum Gasteiger partial charge on any atom is -0.484 e. The zero-order chi connectivity index (χ0) is 19.2. The van der Waals surface area contributed by atoms with Crippen molar-refractivity contribution in [3.8, 4) is 5.75 Å². The number of hydrogen-bond donors (Lipinski definition) is 3. The molecule has 0 aliphatic carbocycles. The average Bonchev–Trinajstić information content (AvgIpc) is 3.13. The Kier molecular flexibility index (Phi) is 6.00. The Hall–Kier alpha value is -3.29. The number of nitrogens with one attached hydrogen (secondary N) is 2. The third-order valence-electron chi connectivity index (χ3n) is 3.51. The van der Waals surface area contributed by atoms with E-state index < -0.39 is 23.2 Å². The monoisotopic (exact) mass is 360 g/mol. The number of ether oxygens (including phenoxy) is 1. The van der Waals surface area contributed by atoms with Crippen molar-refractivity contribution in [3.05, 3.63) is 48.4 Å². The van der Waals surface area contributed by atoms with Gasteiger partial charge >= 0.3 is 5.97 Å². The van der Waals surface area contributed by atoms with Gasteiger partial charge in [-0.3, -0.25) is 14.4 Å². The number of carboxylic acid groups (broad SMARTS) is 1. The number of benzene rings is 1. The molecule has 8 heteroatoms. The van der Waals surface area contributed by atoms with Gasteiger partial charge in [0, 0.05) is 18.3 Å². The maximum absolute atomic E-state index is 11.9. The summed E-state index contributed by atoms with van der Waals surface area (Å²) >= 11 is 0. The largest absolute Gasteiger partial charge is 0.484 e. The highest BCUT2D eigenvalue weighted by molar-refractivity contribution is 6.02. The number of hydrogen-bond acceptors (Lipinski definition) is 5. The highest BCUT2D eigenvalue weighted by atomic mass is 16.5. The van der Waals surface area contributed by atoms with Crippen molar-refractivity contribution >= 4 is 23.5 Å². The van der Waals surface area contributed by atoms with E-state index in [9.17, 15) is 14.4 Å². The molecule has 0 saturated heterocycles. The average molecular weight is 360 g/mol. The van der Waals surface area contributed by atoms with Crippen LogP contribution < -0.4 is 15.4 Å². The summed E-state index contributed by atoms with van der Waals surface area (Å²) in [4.78, 5) is 34.7. The van der Waals surface area contributed by atoms with Crippen molar-refractivity contribution < 1.29 is 28.6 Å². The lowest BCUT2D eigenvalue weighted by Crippen LogP contribution is -2.40. The van der Waals surface area contributed by atoms with E-state index in [4.69, 9.17) is 14.3 Å². The molecule has 3 N–H and O–H groups in total. The molecule has 0 saturated carbocycles. The molecule has 0 aliphatic heterocycles. The zero-order valence-electron chi connectivity index (χ0n) is 14.4. The number of anilines is 1. The van der Waals surface area contributed by atoms with Gasteiger partial charge in [0.1, 0.15) is 5.75 Å². The fourth-order valence-electron chi connectivity index (χ4n) is 1.86. The Balaban J connectivity index is 1.85. The number of amides is 2. The molecule has 0 unspecified atom stereocenters. The van der Waals surface area contributed by atoms with Crippen LogP contribution in [0.2, 0.25) is 0 Å². The molecule has 0 spiro atoms. The standard InChI is InChI=1S/C18H20N2O6/c1-18(2,17(23)24)11-19-15(21)10-26-13-6-3-5-12(9-13)20-16(22)14-7-4-8-25-14/h3-9H,10-11H2,1-2H3,(H,19,21)(H,20,22)(H,23,24). The SMILES string of the molecule is CC(C)(CNC(=O)COc1cccc(NC(=O)c2ccco2)c1)C(=O)O. The first-order valence-electron chi connectivity index (χ1n) is 7.86. The molecular weight excluding hydrogens is 340 g/mol. The van der Waals surface area contributed by atoms with E-state index in [1.54, 1.807) is 36.4 Å². The number of carboxylic acids is 1. The number of carbonyl (C=O) groups excluding carboxylic acids is 2. The number of rotatable bonds is 8. The summed E-state index contributed by atoms with van der Waals surface area (Å²) in [5.74, 6) is -1.28. The quantitative estimate of drug-likeness (QED) is 0.664. The minimum atomic E-state index is -1.06. The Morgan fingerprint density at radius 2 is 1.96 bits per heavy atom. The molecule has 2 rings (SSSR count). The van der Waals surface area contributed by atoms with Gasteiger partial charge in [-0.15, -0.1) is 0 Å². The predicted molar refractivity (Wildman–Crippen MR) is 93.0 cm³/mol. The van der Waals surface area contributed by atoms with Crippen molar-refractivity contribution in [1.82, 2.24) is 5.32 Å². The van der Waals surface area contributed by atoms with Crippen LogP contribution in [0.25, 0.3) is 0 Å². The summed E-state index contributed by atoms with van der Waals surface area (Å²) in [6.45, 7) is 2.75. The van der Waals surface area contributed by atoms with Crippen LogP contribution in [0.5, 0.6) is 5.75 Å². The third kappa shape index (κ3) is 5.37. The smallest absolute Gasteiger partial charge is 0.310 e. The maximum Gasteiger partial charge on any atom is 0.310 e. The molecule has 8 nitrogen and oxygen atoms in total. The van der Waals surface area contributed by atoms with Crippen LogP contribution >= 0.6 is 0 Å². The van der Waals surface area contributed by atoms with Crippen LogP contribution in [0.1, 0.15) is 24.4 Å². The van der Waals surface area contributed by atoms with Gasteiger partial charge in [0.25, 0.3) is 11.8 Å². The fourth-order valence-corrected chi connectivity index (χ4v) is 1.86. The molecule has 26 heavy (non-hydrogen) atoms. The van der Waals surface area contributed by atoms with Crippen molar-refractivity contribution in [3.63, 3.8) is 0 Å². The highest BCUT2D eigenvalue weighted by Crippen LogP contribution is 2.18. The van der Waals surface area contributed by atoms with Crippen molar-refractivity contribution in [2.24, 2.45) is 5.41 Å². The second-order valence-corrected chi connectivity index (χ2v) is 6.21. The van der Waals surface area contributed by atoms with Gasteiger partial charge in [-0.05, 0) is 38.1 Å². The lowest BCUT2D eigenvalue weighted by molar-refractivity contribution is -0.146. The molecule has 1 aromatic carbocycles. The van der Waals surface area contributed by atoms with E-state index in [0.717, 1.165) is 0 Å². The van der Waals surface area contributed by atoms with Gasteiger partial charge in [-0.25, -0.2) is 0 Å². The molecule has 1 heterocycles. The molecule has 138 valence electrons. The summed E-state index contributed by atoms with van der Waals surface area (Å²) < 4.78 is 10.4. The van der Waals surface area contributed by atoms with E-state index in [1.807, 2.05) is 0 Å². The van der Waals surface area contributed by atoms with Crippen LogP contribution in [0.4, 0.5) is 5.69 Å². The number of furan rings is 1. The van der Waals surface area contributed by atoms with Gasteiger partial charge in [0.15, 0.2) is 12.4 Å². The van der Waals surface area contributed by atoms with Gasteiger partial charge in [-0.1, -0.05) is 6.07 Å². The van der Waals surface area contributed by atoms with Crippen LogP contribution in [0.3, 0.4) is 0 Å². The lowest BCUT2D eigenvalue weighted by atomic mass is 9.94. The Bertz CT molecular complexity index is 783. The molecule has 0 atom stereocenters. The van der Waals surface area contributed by atoms with Gasteiger partial charge < -0.3 is 24.9 Å². The number of aliphatic carboxylic acids is 1. The van der Waals surface area contributed by atoms with E-state index >= 15 is 0 Å². The Labute approximate surface area is 150 Å². The molecule has 0 bridgehead atoms. The summed E-state index contributed by atoms with van der Waals surface area (Å²) in [6, 6.07) is 9.69. The molecule has 2 amide bonds. The molecule has 0 fully saturated rings. The first-order valence-corrected chi connectivity index (χ1v) is 7.86. The molecule has 2 aromatic rings. The second kappa shape index (κ2) is 8.19. The van der Waals surface area contributed by atoms with E-state index in [0.29, 0.717) is 11.4 Å². The summed E-state index contributed by atoms with van der Waals surface area (Å²) in [6.07, 6.45) is 1.40. The molecule has 0 radical (unpaired) electrons. The topological polar surface area (TPSA) is 118 Å². The first-order chi connectivity index (χ1) is 12.3. The van der Waals surface area contributed by atoms with Crippen LogP contribution in [0.15, 0.2) is 47.1 Å². The van der Waals surface area contributed by atoms with Gasteiger partial charge in [-0.2, -0.15) is 0 Å². The highest BCUT2D eigenvalue weighted by Gasteiger charge is 2.27. The minimum absolute atomic E-state index is 0.0101. The van der Waals surface area contributed by atoms with Gasteiger partial charge in [0.05, 0.1) is 11.7 Å². The Morgan fingerprint density at radius 1 is 1.19 bits per heavy atom. The van der Waals surface area contributed by atoms with E-state index in [1.165, 1.54) is 20.1 Å². The second-order valence-electron chi connectivity index (χ2n) is 6.21. The lowest BCUT2D eigenvalue weighted by Gasteiger charge is -2.19.